The van der Waals surface area contributed by atoms with E-state index < -0.39 is 47.5 Å². The van der Waals surface area contributed by atoms with Gasteiger partial charge in [0.1, 0.15) is 0 Å². The standard InChI is InChI=1S/C13H12F8O2/c1-7(6-22)10(23,12(17,18)13(19,20)21)8-2-4-9(5-3-8)11(14,15)16/h2-5,7,22-23H,6H2,1H3/t7-,10+/m1/s1. The van der Waals surface area contributed by atoms with Crippen LogP contribution < -0.4 is 0 Å². The molecule has 2 nitrogen and oxygen atoms in total. The van der Waals surface area contributed by atoms with E-state index in [0.29, 0.717) is 12.1 Å². The van der Waals surface area contributed by atoms with Gasteiger partial charge in [0, 0.05) is 12.5 Å². The number of aliphatic hydroxyl groups is 2. The van der Waals surface area contributed by atoms with Crippen LogP contribution in [-0.2, 0) is 11.8 Å². The predicted molar refractivity (Wildman–Crippen MR) is 62.6 cm³/mol. The molecule has 23 heavy (non-hydrogen) atoms. The zero-order chi connectivity index (χ0) is 18.3. The number of halogens is 8. The first-order valence-corrected chi connectivity index (χ1v) is 6.15. The van der Waals surface area contributed by atoms with Crippen molar-refractivity contribution in [2.75, 3.05) is 6.61 Å². The molecule has 0 fully saturated rings. The normalized spacial score (nSPS) is 17.7. The van der Waals surface area contributed by atoms with Crippen LogP contribution in [0.2, 0.25) is 0 Å². The lowest BCUT2D eigenvalue weighted by atomic mass is 9.77. The van der Waals surface area contributed by atoms with Crippen LogP contribution in [-0.4, -0.2) is 28.9 Å². The van der Waals surface area contributed by atoms with Crippen molar-refractivity contribution in [3.05, 3.63) is 35.4 Å². The zero-order valence-electron chi connectivity index (χ0n) is 11.5. The van der Waals surface area contributed by atoms with Crippen LogP contribution >= 0.6 is 0 Å². The van der Waals surface area contributed by atoms with Crippen molar-refractivity contribution in [2.45, 2.75) is 30.8 Å². The maximum absolute atomic E-state index is 13.7. The molecule has 0 aliphatic heterocycles. The molecule has 0 aliphatic rings. The quantitative estimate of drug-likeness (QED) is 0.811. The van der Waals surface area contributed by atoms with Crippen LogP contribution in [0.5, 0.6) is 0 Å². The van der Waals surface area contributed by atoms with E-state index in [1.54, 1.807) is 0 Å². The minimum absolute atomic E-state index is 0.275. The summed E-state index contributed by atoms with van der Waals surface area (Å²) in [5.74, 6) is -7.70. The van der Waals surface area contributed by atoms with Gasteiger partial charge in [-0.05, 0) is 17.7 Å². The molecule has 2 atom stereocenters. The molecular formula is C13H12F8O2. The smallest absolute Gasteiger partial charge is 0.396 e. The summed E-state index contributed by atoms with van der Waals surface area (Å²) < 4.78 is 103. The molecule has 0 bridgehead atoms. The fraction of sp³-hybridized carbons (Fsp3) is 0.538. The minimum Gasteiger partial charge on any atom is -0.396 e. The van der Waals surface area contributed by atoms with Crippen LogP contribution in [0.1, 0.15) is 18.1 Å². The third kappa shape index (κ3) is 3.27. The van der Waals surface area contributed by atoms with Crippen molar-refractivity contribution in [1.82, 2.24) is 0 Å². The maximum atomic E-state index is 13.7. The Morgan fingerprint density at radius 1 is 0.870 bits per heavy atom. The second-order valence-electron chi connectivity index (χ2n) is 5.00. The van der Waals surface area contributed by atoms with Crippen molar-refractivity contribution in [3.8, 4) is 0 Å². The molecule has 132 valence electrons. The molecule has 0 aromatic heterocycles. The highest BCUT2D eigenvalue weighted by molar-refractivity contribution is 5.32. The van der Waals surface area contributed by atoms with Gasteiger partial charge in [-0.15, -0.1) is 0 Å². The number of aliphatic hydroxyl groups excluding tert-OH is 1. The maximum Gasteiger partial charge on any atom is 0.456 e. The molecule has 10 heteroatoms. The van der Waals surface area contributed by atoms with Gasteiger partial charge in [0.25, 0.3) is 0 Å². The highest BCUT2D eigenvalue weighted by atomic mass is 19.4. The highest BCUT2D eigenvalue weighted by Gasteiger charge is 2.71. The Balaban J connectivity index is 3.50. The van der Waals surface area contributed by atoms with Crippen molar-refractivity contribution in [3.63, 3.8) is 0 Å². The Labute approximate surface area is 125 Å². The summed E-state index contributed by atoms with van der Waals surface area (Å²) in [6.45, 7) is -0.527. The summed E-state index contributed by atoms with van der Waals surface area (Å²) in [7, 11) is 0. The molecule has 0 amide bonds. The van der Waals surface area contributed by atoms with E-state index in [2.05, 4.69) is 0 Å². The summed E-state index contributed by atoms with van der Waals surface area (Å²) in [5.41, 5.74) is -6.30. The van der Waals surface area contributed by atoms with Gasteiger partial charge in [0.2, 0.25) is 0 Å². The van der Waals surface area contributed by atoms with Gasteiger partial charge >= 0.3 is 18.3 Å². The van der Waals surface area contributed by atoms with Gasteiger partial charge in [-0.2, -0.15) is 35.1 Å². The molecule has 0 aliphatic carbocycles. The Kier molecular flexibility index (Phi) is 5.03. The average Bonchev–Trinajstić information content (AvgIpc) is 2.43. The third-order valence-electron chi connectivity index (χ3n) is 3.47. The first-order chi connectivity index (χ1) is 10.2. The van der Waals surface area contributed by atoms with E-state index in [-0.39, 0.29) is 12.1 Å². The highest BCUT2D eigenvalue weighted by Crippen LogP contribution is 2.52. The number of hydrogen-bond donors (Lipinski definition) is 2. The van der Waals surface area contributed by atoms with Crippen molar-refractivity contribution < 1.29 is 45.3 Å². The van der Waals surface area contributed by atoms with Gasteiger partial charge in [0.05, 0.1) is 5.56 Å². The first-order valence-electron chi connectivity index (χ1n) is 6.15. The largest absolute Gasteiger partial charge is 0.456 e. The monoisotopic (exact) mass is 352 g/mol. The summed E-state index contributed by atoms with van der Waals surface area (Å²) in [4.78, 5) is 0. The summed E-state index contributed by atoms with van der Waals surface area (Å²) in [6.07, 6.45) is -11.0. The van der Waals surface area contributed by atoms with Crippen LogP contribution in [0.15, 0.2) is 24.3 Å². The lowest BCUT2D eigenvalue weighted by molar-refractivity contribution is -0.357. The van der Waals surface area contributed by atoms with Gasteiger partial charge in [-0.25, -0.2) is 0 Å². The van der Waals surface area contributed by atoms with E-state index in [0.717, 1.165) is 6.92 Å². The molecule has 2 N–H and O–H groups in total. The molecule has 0 unspecified atom stereocenters. The number of benzene rings is 1. The van der Waals surface area contributed by atoms with E-state index in [4.69, 9.17) is 5.11 Å². The average molecular weight is 352 g/mol. The number of rotatable bonds is 4. The second kappa shape index (κ2) is 5.90. The number of alkyl halides is 8. The van der Waals surface area contributed by atoms with E-state index in [9.17, 15) is 40.2 Å². The SMILES string of the molecule is C[C@H](CO)[C@](O)(c1ccc(C(F)(F)F)cc1)C(F)(F)C(F)(F)F. The Morgan fingerprint density at radius 2 is 1.26 bits per heavy atom. The lowest BCUT2D eigenvalue weighted by Crippen LogP contribution is -2.58. The van der Waals surface area contributed by atoms with E-state index in [1.807, 2.05) is 0 Å². The summed E-state index contributed by atoms with van der Waals surface area (Å²) in [6, 6.07) is 1.21. The molecule has 1 rings (SSSR count). The number of hydrogen-bond acceptors (Lipinski definition) is 2. The van der Waals surface area contributed by atoms with E-state index >= 15 is 0 Å². The molecule has 1 aromatic rings. The van der Waals surface area contributed by atoms with Crippen LogP contribution in [0, 0.1) is 5.92 Å². The fourth-order valence-corrected chi connectivity index (χ4v) is 2.04. The topological polar surface area (TPSA) is 40.5 Å². The molecule has 0 radical (unpaired) electrons. The van der Waals surface area contributed by atoms with Crippen LogP contribution in [0.4, 0.5) is 35.1 Å². The van der Waals surface area contributed by atoms with Crippen LogP contribution in [0.25, 0.3) is 0 Å². The zero-order valence-corrected chi connectivity index (χ0v) is 11.5. The molecule has 0 saturated heterocycles. The molecule has 0 heterocycles. The molecule has 1 aromatic carbocycles. The lowest BCUT2D eigenvalue weighted by Gasteiger charge is -2.40. The third-order valence-corrected chi connectivity index (χ3v) is 3.47. The van der Waals surface area contributed by atoms with Crippen molar-refractivity contribution in [2.24, 2.45) is 5.92 Å². The second-order valence-corrected chi connectivity index (χ2v) is 5.00. The van der Waals surface area contributed by atoms with E-state index in [1.165, 1.54) is 0 Å². The molecule has 0 saturated carbocycles. The van der Waals surface area contributed by atoms with Crippen LogP contribution in [0.3, 0.4) is 0 Å². The van der Waals surface area contributed by atoms with Gasteiger partial charge < -0.3 is 10.2 Å². The minimum atomic E-state index is -6.17. The van der Waals surface area contributed by atoms with Gasteiger partial charge in [0.15, 0.2) is 5.60 Å². The fourth-order valence-electron chi connectivity index (χ4n) is 2.04. The van der Waals surface area contributed by atoms with Gasteiger partial charge in [-0.1, -0.05) is 19.1 Å². The Hall–Kier alpha value is -1.42. The summed E-state index contributed by atoms with van der Waals surface area (Å²) in [5, 5.41) is 18.9. The van der Waals surface area contributed by atoms with Crippen molar-refractivity contribution in [1.29, 1.82) is 0 Å². The molecule has 0 spiro atoms. The Morgan fingerprint density at radius 3 is 1.57 bits per heavy atom. The van der Waals surface area contributed by atoms with Gasteiger partial charge in [-0.3, -0.25) is 0 Å². The summed E-state index contributed by atoms with van der Waals surface area (Å²) >= 11 is 0. The predicted octanol–water partition coefficient (Wildman–Crippen LogP) is 3.72. The first kappa shape index (κ1) is 19.6. The van der Waals surface area contributed by atoms with Crippen molar-refractivity contribution >= 4 is 0 Å². The Bertz CT molecular complexity index is 534. The molecular weight excluding hydrogens is 340 g/mol.